The zero-order chi connectivity index (χ0) is 14.8. The van der Waals surface area contributed by atoms with E-state index in [1.807, 2.05) is 0 Å². The Bertz CT molecular complexity index is 560. The molecule has 1 aromatic rings. The third kappa shape index (κ3) is 4.29. The topological polar surface area (TPSA) is 83.5 Å². The second-order valence-corrected chi connectivity index (χ2v) is 7.84. The highest BCUT2D eigenvalue weighted by atomic mass is 79.9. The van der Waals surface area contributed by atoms with Gasteiger partial charge in [-0.05, 0) is 29.7 Å². The van der Waals surface area contributed by atoms with Crippen molar-refractivity contribution < 1.29 is 18.3 Å². The fraction of sp³-hybridized carbons (Fsp3) is 0.417. The van der Waals surface area contributed by atoms with E-state index < -0.39 is 27.4 Å². The molecule has 19 heavy (non-hydrogen) atoms. The third-order valence-electron chi connectivity index (χ3n) is 2.51. The Morgan fingerprint density at radius 3 is 2.11 bits per heavy atom. The number of carboxylic acids is 1. The van der Waals surface area contributed by atoms with Crippen molar-refractivity contribution >= 4 is 31.9 Å². The van der Waals surface area contributed by atoms with Crippen LogP contribution in [-0.2, 0) is 14.8 Å². The zero-order valence-electron chi connectivity index (χ0n) is 10.8. The molecular formula is C12H16BrNO4S. The number of carbonyl (C=O) groups is 1. The van der Waals surface area contributed by atoms with Crippen molar-refractivity contribution in [2.75, 3.05) is 0 Å². The number of halogens is 1. The lowest BCUT2D eigenvalue weighted by atomic mass is 9.88. The summed E-state index contributed by atoms with van der Waals surface area (Å²) in [6.07, 6.45) is 0. The van der Waals surface area contributed by atoms with Crippen LogP contribution in [0, 0.1) is 5.41 Å². The van der Waals surface area contributed by atoms with Crippen molar-refractivity contribution in [2.45, 2.75) is 31.7 Å². The quantitative estimate of drug-likeness (QED) is 0.872. The summed E-state index contributed by atoms with van der Waals surface area (Å²) in [6, 6.07) is 4.80. The maximum Gasteiger partial charge on any atom is 0.322 e. The van der Waals surface area contributed by atoms with E-state index in [-0.39, 0.29) is 4.90 Å². The molecule has 0 radical (unpaired) electrons. The van der Waals surface area contributed by atoms with E-state index in [1.54, 1.807) is 32.9 Å². The molecule has 0 bridgehead atoms. The van der Waals surface area contributed by atoms with Gasteiger partial charge in [0.15, 0.2) is 0 Å². The summed E-state index contributed by atoms with van der Waals surface area (Å²) in [4.78, 5) is 11.2. The average molecular weight is 350 g/mol. The van der Waals surface area contributed by atoms with Crippen LogP contribution in [0.1, 0.15) is 20.8 Å². The van der Waals surface area contributed by atoms with Gasteiger partial charge in [-0.2, -0.15) is 4.72 Å². The maximum atomic E-state index is 12.1. The predicted molar refractivity (Wildman–Crippen MR) is 75.3 cm³/mol. The predicted octanol–water partition coefficient (Wildman–Crippen LogP) is 2.23. The summed E-state index contributed by atoms with van der Waals surface area (Å²) in [7, 11) is -3.86. The van der Waals surface area contributed by atoms with Crippen molar-refractivity contribution in [1.29, 1.82) is 0 Å². The second kappa shape index (κ2) is 5.60. The third-order valence-corrected chi connectivity index (χ3v) is 4.48. The molecule has 0 spiro atoms. The lowest BCUT2D eigenvalue weighted by molar-refractivity contribution is -0.141. The Kier molecular flexibility index (Phi) is 4.76. The van der Waals surface area contributed by atoms with Gasteiger partial charge in [0.25, 0.3) is 0 Å². The first kappa shape index (κ1) is 16.1. The number of hydrogen-bond donors (Lipinski definition) is 2. The largest absolute Gasteiger partial charge is 0.480 e. The van der Waals surface area contributed by atoms with Gasteiger partial charge in [0.2, 0.25) is 10.0 Å². The van der Waals surface area contributed by atoms with Crippen LogP contribution >= 0.6 is 15.9 Å². The molecule has 7 heteroatoms. The summed E-state index contributed by atoms with van der Waals surface area (Å²) in [5.41, 5.74) is -0.728. The SMILES string of the molecule is CC(C)(C)[C@H](NS(=O)(=O)c1ccc(Br)cc1)C(=O)O. The standard InChI is InChI=1S/C12H16BrNO4S/c1-12(2,3)10(11(15)16)14-19(17,18)9-6-4-8(13)5-7-9/h4-7,10,14H,1-3H3,(H,15,16)/t10-/m1/s1. The maximum absolute atomic E-state index is 12.1. The first-order valence-corrected chi connectivity index (χ1v) is 7.82. The highest BCUT2D eigenvalue weighted by molar-refractivity contribution is 9.10. The van der Waals surface area contributed by atoms with E-state index in [4.69, 9.17) is 5.11 Å². The Morgan fingerprint density at radius 1 is 1.26 bits per heavy atom. The van der Waals surface area contributed by atoms with Crippen molar-refractivity contribution in [1.82, 2.24) is 4.72 Å². The molecule has 0 aromatic heterocycles. The van der Waals surface area contributed by atoms with Gasteiger partial charge in [-0.25, -0.2) is 8.42 Å². The van der Waals surface area contributed by atoms with E-state index >= 15 is 0 Å². The van der Waals surface area contributed by atoms with Gasteiger partial charge >= 0.3 is 5.97 Å². The summed E-state index contributed by atoms with van der Waals surface area (Å²) in [5, 5.41) is 9.13. The summed E-state index contributed by atoms with van der Waals surface area (Å²) >= 11 is 3.21. The lowest BCUT2D eigenvalue weighted by Gasteiger charge is -2.27. The van der Waals surface area contributed by atoms with Crippen LogP contribution in [0.5, 0.6) is 0 Å². The van der Waals surface area contributed by atoms with E-state index in [2.05, 4.69) is 20.7 Å². The molecule has 0 saturated carbocycles. The van der Waals surface area contributed by atoms with Gasteiger partial charge in [-0.1, -0.05) is 36.7 Å². The van der Waals surface area contributed by atoms with Crippen LogP contribution in [0.4, 0.5) is 0 Å². The van der Waals surface area contributed by atoms with E-state index in [0.717, 1.165) is 4.47 Å². The minimum absolute atomic E-state index is 0.0335. The van der Waals surface area contributed by atoms with Crippen LogP contribution in [-0.4, -0.2) is 25.5 Å². The smallest absolute Gasteiger partial charge is 0.322 e. The number of nitrogens with one attached hydrogen (secondary N) is 1. The fourth-order valence-corrected chi connectivity index (χ4v) is 3.09. The molecule has 0 aliphatic heterocycles. The zero-order valence-corrected chi connectivity index (χ0v) is 13.2. The molecule has 0 aliphatic rings. The number of rotatable bonds is 4. The van der Waals surface area contributed by atoms with Crippen molar-refractivity contribution in [3.63, 3.8) is 0 Å². The van der Waals surface area contributed by atoms with Crippen LogP contribution < -0.4 is 4.72 Å². The van der Waals surface area contributed by atoms with Crippen molar-refractivity contribution in [2.24, 2.45) is 5.41 Å². The molecule has 1 rings (SSSR count). The molecule has 0 heterocycles. The minimum atomic E-state index is -3.86. The van der Waals surface area contributed by atoms with Crippen molar-refractivity contribution in [3.05, 3.63) is 28.7 Å². The molecule has 1 aromatic carbocycles. The van der Waals surface area contributed by atoms with Gasteiger partial charge in [-0.15, -0.1) is 0 Å². The van der Waals surface area contributed by atoms with E-state index in [9.17, 15) is 13.2 Å². The Labute approximate surface area is 121 Å². The van der Waals surface area contributed by atoms with Crippen LogP contribution in [0.15, 0.2) is 33.6 Å². The van der Waals surface area contributed by atoms with Gasteiger partial charge in [0.1, 0.15) is 6.04 Å². The monoisotopic (exact) mass is 349 g/mol. The molecule has 0 amide bonds. The molecule has 0 fully saturated rings. The Morgan fingerprint density at radius 2 is 1.74 bits per heavy atom. The highest BCUT2D eigenvalue weighted by Crippen LogP contribution is 2.22. The summed E-state index contributed by atoms with van der Waals surface area (Å²) in [6.45, 7) is 4.99. The summed E-state index contributed by atoms with van der Waals surface area (Å²) in [5.74, 6) is -1.20. The van der Waals surface area contributed by atoms with Crippen LogP contribution in [0.3, 0.4) is 0 Å². The lowest BCUT2D eigenvalue weighted by Crippen LogP contribution is -2.48. The fourth-order valence-electron chi connectivity index (χ4n) is 1.43. The number of hydrogen-bond acceptors (Lipinski definition) is 3. The average Bonchev–Trinajstić information content (AvgIpc) is 2.24. The summed E-state index contributed by atoms with van der Waals surface area (Å²) < 4.78 is 27.2. The molecular weight excluding hydrogens is 334 g/mol. The minimum Gasteiger partial charge on any atom is -0.480 e. The second-order valence-electron chi connectivity index (χ2n) is 5.21. The van der Waals surface area contributed by atoms with Gasteiger partial charge in [0, 0.05) is 4.47 Å². The van der Waals surface area contributed by atoms with Gasteiger partial charge in [-0.3, -0.25) is 4.79 Å². The molecule has 1 atom stereocenters. The number of aliphatic carboxylic acids is 1. The Balaban J connectivity index is 3.08. The first-order valence-electron chi connectivity index (χ1n) is 5.55. The van der Waals surface area contributed by atoms with Gasteiger partial charge < -0.3 is 5.11 Å². The number of carboxylic acid groups (broad SMARTS) is 1. The highest BCUT2D eigenvalue weighted by Gasteiger charge is 2.35. The van der Waals surface area contributed by atoms with Crippen molar-refractivity contribution in [3.8, 4) is 0 Å². The van der Waals surface area contributed by atoms with Crippen LogP contribution in [0.2, 0.25) is 0 Å². The van der Waals surface area contributed by atoms with E-state index in [0.29, 0.717) is 0 Å². The molecule has 106 valence electrons. The number of benzene rings is 1. The van der Waals surface area contributed by atoms with Gasteiger partial charge in [0.05, 0.1) is 4.90 Å². The number of sulfonamides is 1. The molecule has 0 aliphatic carbocycles. The molecule has 0 unspecified atom stereocenters. The molecule has 2 N–H and O–H groups in total. The molecule has 0 saturated heterocycles. The first-order chi connectivity index (χ1) is 8.54. The normalized spacial score (nSPS) is 14.1. The molecule has 5 nitrogen and oxygen atoms in total. The Hall–Kier alpha value is -0.920. The van der Waals surface area contributed by atoms with Crippen LogP contribution in [0.25, 0.3) is 0 Å². The van der Waals surface area contributed by atoms with E-state index in [1.165, 1.54) is 12.1 Å².